The van der Waals surface area contributed by atoms with Gasteiger partial charge in [0.05, 0.1) is 31.8 Å². The third kappa shape index (κ3) is 5.62. The Hall–Kier alpha value is -3.25. The molecule has 1 N–H and O–H groups in total. The van der Waals surface area contributed by atoms with Gasteiger partial charge in [-0.1, -0.05) is 33.8 Å². The highest BCUT2D eigenvalue weighted by molar-refractivity contribution is 9.10. The third-order valence-corrected chi connectivity index (χ3v) is 4.01. The summed E-state index contributed by atoms with van der Waals surface area (Å²) < 4.78 is 16.5. The topological polar surface area (TPSA) is 99.9 Å². The predicted molar refractivity (Wildman–Crippen MR) is 106 cm³/mol. The highest BCUT2D eigenvalue weighted by Crippen LogP contribution is 2.34. The maximum Gasteiger partial charge on any atom is 0.286 e. The molecule has 1 amide bonds. The standard InChI is InChI=1S/C19H17BrN2O6/c1-26-17-11-15(16(22(24)25)12-18(17)27-2)19(23)21-8-3-4-9-28-14-7-5-6-13(20)10-14/h5-7,10-12H,8-9H2,1-2H3,(H,21,23). The zero-order valence-corrected chi connectivity index (χ0v) is 16.7. The molecule has 0 atom stereocenters. The molecule has 9 heteroatoms. The van der Waals surface area contributed by atoms with Gasteiger partial charge in [-0.3, -0.25) is 14.9 Å². The second-order valence-electron chi connectivity index (χ2n) is 5.26. The van der Waals surface area contributed by atoms with Crippen LogP contribution >= 0.6 is 15.9 Å². The van der Waals surface area contributed by atoms with E-state index in [0.29, 0.717) is 5.75 Å². The molecule has 0 aliphatic heterocycles. The van der Waals surface area contributed by atoms with E-state index in [1.807, 2.05) is 12.1 Å². The molecule has 0 heterocycles. The Bertz CT molecular complexity index is 936. The first-order valence-corrected chi connectivity index (χ1v) is 8.78. The number of nitro benzene ring substituents is 1. The number of hydrogen-bond acceptors (Lipinski definition) is 6. The summed E-state index contributed by atoms with van der Waals surface area (Å²) in [5, 5.41) is 13.8. The molecule has 146 valence electrons. The van der Waals surface area contributed by atoms with E-state index in [-0.39, 0.29) is 35.9 Å². The van der Waals surface area contributed by atoms with Crippen LogP contribution in [0.1, 0.15) is 10.4 Å². The summed E-state index contributed by atoms with van der Waals surface area (Å²) in [6.07, 6.45) is 0. The van der Waals surface area contributed by atoms with Crippen LogP contribution in [0.25, 0.3) is 0 Å². The Kier molecular flexibility index (Phi) is 7.65. The van der Waals surface area contributed by atoms with E-state index in [9.17, 15) is 14.9 Å². The number of benzene rings is 2. The fourth-order valence-corrected chi connectivity index (χ4v) is 2.59. The number of nitrogens with one attached hydrogen (secondary N) is 1. The number of ether oxygens (including phenoxy) is 3. The van der Waals surface area contributed by atoms with Crippen molar-refractivity contribution >= 4 is 27.5 Å². The smallest absolute Gasteiger partial charge is 0.286 e. The van der Waals surface area contributed by atoms with Crippen molar-refractivity contribution in [3.63, 3.8) is 0 Å². The summed E-state index contributed by atoms with van der Waals surface area (Å²) in [7, 11) is 2.73. The number of amides is 1. The third-order valence-electron chi connectivity index (χ3n) is 3.51. The summed E-state index contributed by atoms with van der Waals surface area (Å²) in [5.74, 6) is 5.88. The van der Waals surface area contributed by atoms with Crippen molar-refractivity contribution in [2.45, 2.75) is 0 Å². The van der Waals surface area contributed by atoms with E-state index in [4.69, 9.17) is 14.2 Å². The van der Waals surface area contributed by atoms with Crippen LogP contribution in [0.5, 0.6) is 17.2 Å². The highest BCUT2D eigenvalue weighted by atomic mass is 79.9. The van der Waals surface area contributed by atoms with Crippen LogP contribution in [0.2, 0.25) is 0 Å². The zero-order chi connectivity index (χ0) is 20.5. The Labute approximate surface area is 170 Å². The van der Waals surface area contributed by atoms with Gasteiger partial charge in [0.15, 0.2) is 11.5 Å². The summed E-state index contributed by atoms with van der Waals surface area (Å²) in [5.41, 5.74) is -0.532. The fraction of sp³-hybridized carbons (Fsp3) is 0.211. The maximum absolute atomic E-state index is 12.3. The molecule has 0 aromatic heterocycles. The van der Waals surface area contributed by atoms with Gasteiger partial charge >= 0.3 is 0 Å². The first-order chi connectivity index (χ1) is 13.5. The molecular weight excluding hydrogens is 432 g/mol. The van der Waals surface area contributed by atoms with Gasteiger partial charge in [-0.2, -0.15) is 0 Å². The van der Waals surface area contributed by atoms with Crippen molar-refractivity contribution in [1.82, 2.24) is 5.32 Å². The highest BCUT2D eigenvalue weighted by Gasteiger charge is 2.24. The van der Waals surface area contributed by atoms with E-state index >= 15 is 0 Å². The number of nitrogens with zero attached hydrogens (tertiary/aromatic N) is 1. The Morgan fingerprint density at radius 1 is 1.18 bits per heavy atom. The molecule has 0 saturated heterocycles. The SMILES string of the molecule is COc1cc(C(=O)NCC#CCOc2cccc(Br)c2)c([N+](=O)[O-])cc1OC. The molecule has 0 radical (unpaired) electrons. The number of methoxy groups -OCH3 is 2. The maximum atomic E-state index is 12.3. The number of carbonyl (C=O) groups is 1. The molecule has 0 bridgehead atoms. The average molecular weight is 449 g/mol. The normalized spacial score (nSPS) is 9.68. The van der Waals surface area contributed by atoms with Gasteiger partial charge in [0.25, 0.3) is 11.6 Å². The van der Waals surface area contributed by atoms with Crippen molar-refractivity contribution in [2.75, 3.05) is 27.4 Å². The van der Waals surface area contributed by atoms with Crippen LogP contribution in [0.3, 0.4) is 0 Å². The van der Waals surface area contributed by atoms with E-state index in [2.05, 4.69) is 33.1 Å². The lowest BCUT2D eigenvalue weighted by Crippen LogP contribution is -2.24. The molecule has 0 saturated carbocycles. The number of hydrogen-bond donors (Lipinski definition) is 1. The van der Waals surface area contributed by atoms with E-state index < -0.39 is 10.8 Å². The average Bonchev–Trinajstić information content (AvgIpc) is 2.69. The molecule has 28 heavy (non-hydrogen) atoms. The fourth-order valence-electron chi connectivity index (χ4n) is 2.21. The van der Waals surface area contributed by atoms with Gasteiger partial charge in [0, 0.05) is 10.5 Å². The van der Waals surface area contributed by atoms with Gasteiger partial charge in [-0.05, 0) is 18.2 Å². The lowest BCUT2D eigenvalue weighted by Gasteiger charge is -2.10. The molecule has 2 rings (SSSR count). The van der Waals surface area contributed by atoms with Crippen LogP contribution in [0, 0.1) is 22.0 Å². The number of nitro groups is 1. The van der Waals surface area contributed by atoms with Crippen LogP contribution in [-0.2, 0) is 0 Å². The van der Waals surface area contributed by atoms with Gasteiger partial charge in [0.1, 0.15) is 17.9 Å². The zero-order valence-electron chi connectivity index (χ0n) is 15.2. The minimum atomic E-state index is -0.658. The molecule has 0 fully saturated rings. The minimum Gasteiger partial charge on any atom is -0.493 e. The predicted octanol–water partition coefficient (Wildman–Crippen LogP) is 3.19. The number of halogens is 1. The molecule has 2 aromatic rings. The van der Waals surface area contributed by atoms with Crippen LogP contribution < -0.4 is 19.5 Å². The van der Waals surface area contributed by atoms with Crippen LogP contribution in [0.15, 0.2) is 40.9 Å². The Morgan fingerprint density at radius 2 is 1.89 bits per heavy atom. The molecule has 8 nitrogen and oxygen atoms in total. The van der Waals surface area contributed by atoms with Crippen molar-refractivity contribution < 1.29 is 23.9 Å². The monoisotopic (exact) mass is 448 g/mol. The second-order valence-corrected chi connectivity index (χ2v) is 6.18. The molecular formula is C19H17BrN2O6. The van der Waals surface area contributed by atoms with Crippen molar-refractivity contribution in [2.24, 2.45) is 0 Å². The van der Waals surface area contributed by atoms with Gasteiger partial charge in [0.2, 0.25) is 0 Å². The van der Waals surface area contributed by atoms with Crippen molar-refractivity contribution in [3.05, 3.63) is 56.5 Å². The van der Waals surface area contributed by atoms with Crippen LogP contribution in [-0.4, -0.2) is 38.2 Å². The Morgan fingerprint density at radius 3 is 2.54 bits per heavy atom. The van der Waals surface area contributed by atoms with Crippen LogP contribution in [0.4, 0.5) is 5.69 Å². The van der Waals surface area contributed by atoms with E-state index in [1.165, 1.54) is 20.3 Å². The first-order valence-electron chi connectivity index (χ1n) is 7.99. The largest absolute Gasteiger partial charge is 0.493 e. The van der Waals surface area contributed by atoms with E-state index in [0.717, 1.165) is 10.5 Å². The molecule has 0 unspecified atom stereocenters. The second kappa shape index (κ2) is 10.2. The van der Waals surface area contributed by atoms with Gasteiger partial charge < -0.3 is 19.5 Å². The van der Waals surface area contributed by atoms with Gasteiger partial charge in [-0.15, -0.1) is 0 Å². The number of carbonyl (C=O) groups excluding carboxylic acids is 1. The summed E-state index contributed by atoms with van der Waals surface area (Å²) in [6, 6.07) is 9.72. The van der Waals surface area contributed by atoms with Crippen molar-refractivity contribution in [3.8, 4) is 29.1 Å². The lowest BCUT2D eigenvalue weighted by molar-refractivity contribution is -0.385. The molecule has 0 aliphatic carbocycles. The Balaban J connectivity index is 1.98. The minimum absolute atomic E-state index is 0.00613. The summed E-state index contributed by atoms with van der Waals surface area (Å²) >= 11 is 3.34. The first kappa shape index (κ1) is 21.1. The quantitative estimate of drug-likeness (QED) is 0.396. The van der Waals surface area contributed by atoms with Gasteiger partial charge in [-0.25, -0.2) is 0 Å². The lowest BCUT2D eigenvalue weighted by atomic mass is 10.1. The number of rotatable bonds is 7. The summed E-state index contributed by atoms with van der Waals surface area (Å²) in [4.78, 5) is 22.9. The molecule has 0 spiro atoms. The van der Waals surface area contributed by atoms with E-state index in [1.54, 1.807) is 12.1 Å². The molecule has 0 aliphatic rings. The van der Waals surface area contributed by atoms with Crippen molar-refractivity contribution in [1.29, 1.82) is 0 Å². The summed E-state index contributed by atoms with van der Waals surface area (Å²) in [6.45, 7) is 0.148. The molecule has 2 aromatic carbocycles.